The monoisotopic (exact) mass is 260 g/mol. The van der Waals surface area contributed by atoms with Crippen molar-refractivity contribution in [3.05, 3.63) is 29.3 Å². The summed E-state index contributed by atoms with van der Waals surface area (Å²) in [6.07, 6.45) is 1.68. The molecule has 3 atom stereocenters. The molecule has 102 valence electrons. The van der Waals surface area contributed by atoms with Crippen molar-refractivity contribution < 1.29 is 14.3 Å². The quantitative estimate of drug-likeness (QED) is 0.728. The molecule has 1 aromatic rings. The largest absolute Gasteiger partial charge is 0.482 e. The first-order chi connectivity index (χ1) is 8.87. The fourth-order valence-electron chi connectivity index (χ4n) is 3.64. The second-order valence-corrected chi connectivity index (χ2v) is 6.18. The van der Waals surface area contributed by atoms with E-state index in [4.69, 9.17) is 9.47 Å². The highest BCUT2D eigenvalue weighted by Crippen LogP contribution is 2.58. The van der Waals surface area contributed by atoms with Gasteiger partial charge in [0.25, 0.3) is 0 Å². The van der Waals surface area contributed by atoms with Crippen LogP contribution in [0.2, 0.25) is 0 Å². The first-order valence-corrected chi connectivity index (χ1v) is 6.84. The smallest absolute Gasteiger partial charge is 0.303 e. The Kier molecular flexibility index (Phi) is 2.47. The molecule has 3 heteroatoms. The summed E-state index contributed by atoms with van der Waals surface area (Å²) in [4.78, 5) is 11.3. The maximum atomic E-state index is 11.3. The summed E-state index contributed by atoms with van der Waals surface area (Å²) >= 11 is 0. The van der Waals surface area contributed by atoms with E-state index in [1.54, 1.807) is 0 Å². The Morgan fingerprint density at radius 1 is 1.42 bits per heavy atom. The van der Waals surface area contributed by atoms with E-state index < -0.39 is 5.60 Å². The minimum Gasteiger partial charge on any atom is -0.482 e. The van der Waals surface area contributed by atoms with Crippen molar-refractivity contribution >= 4 is 5.97 Å². The van der Waals surface area contributed by atoms with Crippen LogP contribution in [0.4, 0.5) is 0 Å². The van der Waals surface area contributed by atoms with E-state index >= 15 is 0 Å². The number of hydrogen-bond acceptors (Lipinski definition) is 3. The van der Waals surface area contributed by atoms with E-state index in [2.05, 4.69) is 32.9 Å². The average molecular weight is 260 g/mol. The van der Waals surface area contributed by atoms with Crippen LogP contribution in [0.3, 0.4) is 0 Å². The zero-order valence-electron chi connectivity index (χ0n) is 11.9. The van der Waals surface area contributed by atoms with Crippen molar-refractivity contribution in [1.82, 2.24) is 0 Å². The van der Waals surface area contributed by atoms with Gasteiger partial charge in [0.15, 0.2) is 5.60 Å². The highest BCUT2D eigenvalue weighted by atomic mass is 16.6. The molecule has 1 fully saturated rings. The van der Waals surface area contributed by atoms with E-state index in [1.165, 1.54) is 18.1 Å². The van der Waals surface area contributed by atoms with Gasteiger partial charge in [-0.05, 0) is 32.8 Å². The highest BCUT2D eigenvalue weighted by Gasteiger charge is 2.63. The molecule has 0 saturated heterocycles. The van der Waals surface area contributed by atoms with Crippen LogP contribution in [-0.4, -0.2) is 17.7 Å². The van der Waals surface area contributed by atoms with Gasteiger partial charge in [-0.15, -0.1) is 0 Å². The standard InChI is InChI=1S/C16H20O3/c1-10-5-6-13-12(9-10)15(3)8-7-14(18-11(2)17)16(15,4)19-13/h5-6,9,14H,7-8H2,1-4H3/t14-,15+,16+/m1/s1. The maximum Gasteiger partial charge on any atom is 0.303 e. The number of fused-ring (bicyclic) bond motifs is 3. The van der Waals surface area contributed by atoms with Crippen LogP contribution >= 0.6 is 0 Å². The van der Waals surface area contributed by atoms with Crippen LogP contribution in [0, 0.1) is 6.92 Å². The lowest BCUT2D eigenvalue weighted by Gasteiger charge is -2.36. The van der Waals surface area contributed by atoms with E-state index in [0.29, 0.717) is 0 Å². The number of hydrogen-bond donors (Lipinski definition) is 0. The minimum absolute atomic E-state index is 0.0749. The number of aryl methyl sites for hydroxylation is 1. The van der Waals surface area contributed by atoms with Crippen molar-refractivity contribution in [2.24, 2.45) is 0 Å². The topological polar surface area (TPSA) is 35.5 Å². The zero-order valence-corrected chi connectivity index (χ0v) is 11.9. The van der Waals surface area contributed by atoms with E-state index in [9.17, 15) is 4.79 Å². The van der Waals surface area contributed by atoms with Gasteiger partial charge in [0.05, 0.1) is 0 Å². The van der Waals surface area contributed by atoms with Gasteiger partial charge in [-0.2, -0.15) is 0 Å². The number of esters is 1. The van der Waals surface area contributed by atoms with Crippen molar-refractivity contribution in [1.29, 1.82) is 0 Å². The number of carbonyl (C=O) groups excluding carboxylic acids is 1. The van der Waals surface area contributed by atoms with Crippen molar-refractivity contribution in [2.45, 2.75) is 57.7 Å². The van der Waals surface area contributed by atoms with Gasteiger partial charge in [0.1, 0.15) is 11.9 Å². The molecule has 0 bridgehead atoms. The average Bonchev–Trinajstić information content (AvgIpc) is 2.69. The van der Waals surface area contributed by atoms with Crippen LogP contribution in [0.1, 0.15) is 44.7 Å². The molecule has 1 aromatic carbocycles. The third-order valence-electron chi connectivity index (χ3n) is 4.98. The van der Waals surface area contributed by atoms with Crippen LogP contribution in [-0.2, 0) is 14.9 Å². The van der Waals surface area contributed by atoms with Crippen molar-refractivity contribution in [3.63, 3.8) is 0 Å². The molecule has 0 spiro atoms. The lowest BCUT2D eigenvalue weighted by molar-refractivity contribution is -0.156. The molecule has 0 unspecified atom stereocenters. The molecular weight excluding hydrogens is 240 g/mol. The van der Waals surface area contributed by atoms with Gasteiger partial charge < -0.3 is 9.47 Å². The van der Waals surface area contributed by atoms with Gasteiger partial charge in [-0.25, -0.2) is 0 Å². The summed E-state index contributed by atoms with van der Waals surface area (Å²) in [5, 5.41) is 0. The molecule has 3 nitrogen and oxygen atoms in total. The lowest BCUT2D eigenvalue weighted by Crippen LogP contribution is -2.51. The molecule has 1 heterocycles. The third kappa shape index (κ3) is 1.54. The number of carbonyl (C=O) groups is 1. The zero-order chi connectivity index (χ0) is 13.8. The first kappa shape index (κ1) is 12.5. The van der Waals surface area contributed by atoms with Gasteiger partial charge in [0, 0.05) is 17.9 Å². The third-order valence-corrected chi connectivity index (χ3v) is 4.98. The number of benzene rings is 1. The van der Waals surface area contributed by atoms with Gasteiger partial charge >= 0.3 is 5.97 Å². The van der Waals surface area contributed by atoms with Crippen molar-refractivity contribution in [3.8, 4) is 5.75 Å². The van der Waals surface area contributed by atoms with Gasteiger partial charge in [-0.1, -0.05) is 24.6 Å². The van der Waals surface area contributed by atoms with Gasteiger partial charge in [0.2, 0.25) is 0 Å². The Morgan fingerprint density at radius 2 is 2.16 bits per heavy atom. The van der Waals surface area contributed by atoms with E-state index in [1.807, 2.05) is 6.07 Å². The van der Waals surface area contributed by atoms with Crippen LogP contribution in [0.25, 0.3) is 0 Å². The maximum absolute atomic E-state index is 11.3. The first-order valence-electron chi connectivity index (χ1n) is 6.84. The van der Waals surface area contributed by atoms with Crippen LogP contribution in [0.5, 0.6) is 5.75 Å². The van der Waals surface area contributed by atoms with Crippen LogP contribution in [0.15, 0.2) is 18.2 Å². The van der Waals surface area contributed by atoms with Crippen LogP contribution < -0.4 is 4.74 Å². The molecule has 2 aliphatic rings. The van der Waals surface area contributed by atoms with Crippen molar-refractivity contribution in [2.75, 3.05) is 0 Å². The Balaban J connectivity index is 2.05. The molecular formula is C16H20O3. The Bertz CT molecular complexity index is 551. The minimum atomic E-state index is -0.450. The Morgan fingerprint density at radius 3 is 2.84 bits per heavy atom. The summed E-state index contributed by atoms with van der Waals surface area (Å²) in [6.45, 7) is 7.85. The van der Waals surface area contributed by atoms with E-state index in [-0.39, 0.29) is 17.5 Å². The molecule has 1 aliphatic carbocycles. The summed E-state index contributed by atoms with van der Waals surface area (Å²) in [5.74, 6) is 0.707. The highest BCUT2D eigenvalue weighted by molar-refractivity contribution is 5.66. The second-order valence-electron chi connectivity index (χ2n) is 6.18. The summed E-state index contributed by atoms with van der Waals surface area (Å²) < 4.78 is 11.7. The normalized spacial score (nSPS) is 35.5. The Labute approximate surface area is 113 Å². The molecule has 0 aromatic heterocycles. The molecule has 1 saturated carbocycles. The SMILES string of the molecule is CC(=O)O[C@@H]1CC[C@@]2(C)c3cc(C)ccc3O[C@@]12C. The van der Waals surface area contributed by atoms with E-state index in [0.717, 1.165) is 18.6 Å². The molecule has 3 rings (SSSR count). The summed E-state index contributed by atoms with van der Waals surface area (Å²) in [5.41, 5.74) is 1.97. The fourth-order valence-corrected chi connectivity index (χ4v) is 3.64. The Hall–Kier alpha value is -1.51. The number of rotatable bonds is 1. The molecule has 19 heavy (non-hydrogen) atoms. The predicted octanol–water partition coefficient (Wildman–Crippen LogP) is 3.13. The fraction of sp³-hybridized carbons (Fsp3) is 0.562. The van der Waals surface area contributed by atoms with Gasteiger partial charge in [-0.3, -0.25) is 4.79 Å². The lowest BCUT2D eigenvalue weighted by atomic mass is 9.73. The summed E-state index contributed by atoms with van der Waals surface area (Å²) in [7, 11) is 0. The molecule has 0 N–H and O–H groups in total. The molecule has 1 aliphatic heterocycles. The molecule has 0 amide bonds. The number of ether oxygens (including phenoxy) is 2. The molecule has 0 radical (unpaired) electrons. The second kappa shape index (κ2) is 3.75. The summed E-state index contributed by atoms with van der Waals surface area (Å²) in [6, 6.07) is 6.30. The predicted molar refractivity (Wildman–Crippen MR) is 72.4 cm³/mol.